The fourth-order valence-electron chi connectivity index (χ4n) is 4.85. The number of amides is 2. The zero-order valence-corrected chi connectivity index (χ0v) is 25.1. The van der Waals surface area contributed by atoms with Crippen molar-refractivity contribution in [3.8, 4) is 5.75 Å². The van der Waals surface area contributed by atoms with Crippen molar-refractivity contribution in [2.45, 2.75) is 90.9 Å². The lowest BCUT2D eigenvalue weighted by Gasteiger charge is -2.11. The molecule has 0 aromatic heterocycles. The molecule has 0 aliphatic rings. The van der Waals surface area contributed by atoms with Gasteiger partial charge in [-0.05, 0) is 42.3 Å². The number of nitrogens with zero attached hydrogens (tertiary/aromatic N) is 1. The van der Waals surface area contributed by atoms with Gasteiger partial charge < -0.3 is 10.1 Å². The highest BCUT2D eigenvalue weighted by atomic mass is 16.5. The van der Waals surface area contributed by atoms with E-state index in [-0.39, 0.29) is 12.5 Å². The summed E-state index contributed by atoms with van der Waals surface area (Å²) in [6, 6.07) is 18.4. The summed E-state index contributed by atoms with van der Waals surface area (Å²) in [6.45, 7) is 4.00. The standard InChI is InChI=1S/C35H45N3O4/c1-3-4-5-6-7-8-9-10-11-12-13-21-33(39)36-26-34(40)38-37-25-31-30-20-15-14-18-28(30)22-23-32(31)42-35(41)29-19-16-17-27(2)24-29/h14-20,22-25H,3-13,21,26H2,1-2H3,(H,36,39)(H,38,40)/b37-25+. The van der Waals surface area contributed by atoms with Crippen LogP contribution in [0, 0.1) is 6.92 Å². The largest absolute Gasteiger partial charge is 0.422 e. The molecule has 7 heteroatoms. The van der Waals surface area contributed by atoms with E-state index in [1.165, 1.54) is 57.6 Å². The number of fused-ring (bicyclic) bond motifs is 1. The number of unbranched alkanes of at least 4 members (excludes halogenated alkanes) is 10. The van der Waals surface area contributed by atoms with Crippen molar-refractivity contribution >= 4 is 34.8 Å². The first-order valence-corrected chi connectivity index (χ1v) is 15.4. The maximum atomic E-state index is 12.8. The van der Waals surface area contributed by atoms with Crippen molar-refractivity contribution in [1.29, 1.82) is 0 Å². The number of hydrogen-bond donors (Lipinski definition) is 2. The number of rotatable bonds is 18. The molecule has 0 aliphatic carbocycles. The second-order valence-electron chi connectivity index (χ2n) is 10.8. The second kappa shape index (κ2) is 18.4. The minimum atomic E-state index is -0.479. The van der Waals surface area contributed by atoms with Crippen LogP contribution in [0.1, 0.15) is 105 Å². The molecule has 0 heterocycles. The molecule has 2 N–H and O–H groups in total. The van der Waals surface area contributed by atoms with E-state index in [1.54, 1.807) is 24.3 Å². The van der Waals surface area contributed by atoms with Gasteiger partial charge in [0.2, 0.25) is 5.91 Å². The monoisotopic (exact) mass is 571 g/mol. The molecule has 0 saturated heterocycles. The van der Waals surface area contributed by atoms with Crippen LogP contribution in [0.5, 0.6) is 5.75 Å². The van der Waals surface area contributed by atoms with Crippen LogP contribution in [0.15, 0.2) is 65.8 Å². The number of benzene rings is 3. The average Bonchev–Trinajstić information content (AvgIpc) is 2.99. The van der Waals surface area contributed by atoms with E-state index in [4.69, 9.17) is 4.74 Å². The van der Waals surface area contributed by atoms with Crippen LogP contribution in [0.2, 0.25) is 0 Å². The van der Waals surface area contributed by atoms with Crippen LogP contribution in [-0.4, -0.2) is 30.5 Å². The van der Waals surface area contributed by atoms with Crippen molar-refractivity contribution in [3.05, 3.63) is 77.4 Å². The van der Waals surface area contributed by atoms with E-state index in [1.807, 2.05) is 43.3 Å². The van der Waals surface area contributed by atoms with Crippen LogP contribution in [0.4, 0.5) is 0 Å². The van der Waals surface area contributed by atoms with Gasteiger partial charge >= 0.3 is 5.97 Å². The number of ether oxygens (including phenoxy) is 1. The Bertz CT molecular complexity index is 1330. The highest BCUT2D eigenvalue weighted by Gasteiger charge is 2.14. The summed E-state index contributed by atoms with van der Waals surface area (Å²) in [5, 5.41) is 8.52. The van der Waals surface area contributed by atoms with E-state index in [0.29, 0.717) is 23.3 Å². The quantitative estimate of drug-likeness (QED) is 0.0539. The van der Waals surface area contributed by atoms with Gasteiger partial charge in [0.25, 0.3) is 5.91 Å². The number of carbonyl (C=O) groups excluding carboxylic acids is 3. The van der Waals surface area contributed by atoms with E-state index in [2.05, 4.69) is 22.8 Å². The third-order valence-corrected chi connectivity index (χ3v) is 7.22. The summed E-state index contributed by atoms with van der Waals surface area (Å²) in [5.74, 6) is -0.715. The molecular formula is C35H45N3O4. The molecule has 0 saturated carbocycles. The van der Waals surface area contributed by atoms with Gasteiger partial charge in [-0.25, -0.2) is 10.2 Å². The molecule has 224 valence electrons. The third kappa shape index (κ3) is 11.5. The van der Waals surface area contributed by atoms with Gasteiger partial charge in [-0.3, -0.25) is 9.59 Å². The lowest BCUT2D eigenvalue weighted by Crippen LogP contribution is -2.34. The summed E-state index contributed by atoms with van der Waals surface area (Å²) in [6.07, 6.45) is 15.3. The zero-order chi connectivity index (χ0) is 30.0. The lowest BCUT2D eigenvalue weighted by atomic mass is 10.0. The third-order valence-electron chi connectivity index (χ3n) is 7.22. The topological polar surface area (TPSA) is 96.9 Å². The summed E-state index contributed by atoms with van der Waals surface area (Å²) in [4.78, 5) is 37.3. The SMILES string of the molecule is CCCCCCCCCCCCCC(=O)NCC(=O)N/N=C/c1c(OC(=O)c2cccc(C)c2)ccc2ccccc12. The number of esters is 1. The van der Waals surface area contributed by atoms with Crippen molar-refractivity contribution in [2.24, 2.45) is 5.10 Å². The van der Waals surface area contributed by atoms with Gasteiger partial charge in [-0.2, -0.15) is 5.10 Å². The second-order valence-corrected chi connectivity index (χ2v) is 10.8. The molecule has 42 heavy (non-hydrogen) atoms. The molecular weight excluding hydrogens is 526 g/mol. The minimum absolute atomic E-state index is 0.135. The Kier molecular flexibility index (Phi) is 14.3. The van der Waals surface area contributed by atoms with Gasteiger partial charge in [0.15, 0.2) is 0 Å². The predicted molar refractivity (Wildman–Crippen MR) is 170 cm³/mol. The normalized spacial score (nSPS) is 11.1. The maximum Gasteiger partial charge on any atom is 0.343 e. The Balaban J connectivity index is 1.42. The lowest BCUT2D eigenvalue weighted by molar-refractivity contribution is -0.126. The van der Waals surface area contributed by atoms with Crippen molar-refractivity contribution in [1.82, 2.24) is 10.7 Å². The Morgan fingerprint density at radius 3 is 2.19 bits per heavy atom. The molecule has 3 aromatic rings. The van der Waals surface area contributed by atoms with E-state index in [9.17, 15) is 14.4 Å². The molecule has 3 rings (SSSR count). The van der Waals surface area contributed by atoms with Crippen molar-refractivity contribution in [2.75, 3.05) is 6.54 Å². The zero-order valence-electron chi connectivity index (χ0n) is 25.1. The minimum Gasteiger partial charge on any atom is -0.422 e. The number of aryl methyl sites for hydroxylation is 1. The fourth-order valence-corrected chi connectivity index (χ4v) is 4.85. The van der Waals surface area contributed by atoms with Crippen LogP contribution < -0.4 is 15.5 Å². The number of nitrogens with one attached hydrogen (secondary N) is 2. The highest BCUT2D eigenvalue weighted by Crippen LogP contribution is 2.27. The molecule has 0 spiro atoms. The number of carbonyl (C=O) groups is 3. The molecule has 2 amide bonds. The van der Waals surface area contributed by atoms with Crippen molar-refractivity contribution in [3.63, 3.8) is 0 Å². The molecule has 0 fully saturated rings. The molecule has 7 nitrogen and oxygen atoms in total. The highest BCUT2D eigenvalue weighted by molar-refractivity contribution is 6.04. The molecule has 0 unspecified atom stereocenters. The number of hydrogen-bond acceptors (Lipinski definition) is 5. The Morgan fingerprint density at radius 1 is 0.786 bits per heavy atom. The first-order chi connectivity index (χ1) is 20.5. The van der Waals surface area contributed by atoms with Crippen LogP contribution in [-0.2, 0) is 9.59 Å². The summed E-state index contributed by atoms with van der Waals surface area (Å²) < 4.78 is 5.72. The van der Waals surface area contributed by atoms with Gasteiger partial charge in [-0.15, -0.1) is 0 Å². The molecule has 0 bridgehead atoms. The summed E-state index contributed by atoms with van der Waals surface area (Å²) in [7, 11) is 0. The van der Waals surface area contributed by atoms with Crippen molar-refractivity contribution < 1.29 is 19.1 Å². The Hall–Kier alpha value is -4.00. The Labute approximate surface area is 250 Å². The molecule has 0 aliphatic heterocycles. The Morgan fingerprint density at radius 2 is 1.48 bits per heavy atom. The van der Waals surface area contributed by atoms with E-state index >= 15 is 0 Å². The van der Waals surface area contributed by atoms with Crippen LogP contribution in [0.25, 0.3) is 10.8 Å². The van der Waals surface area contributed by atoms with E-state index in [0.717, 1.165) is 35.6 Å². The van der Waals surface area contributed by atoms with E-state index < -0.39 is 11.9 Å². The summed E-state index contributed by atoms with van der Waals surface area (Å²) >= 11 is 0. The predicted octanol–water partition coefficient (Wildman–Crippen LogP) is 7.63. The number of hydrazone groups is 1. The van der Waals surface area contributed by atoms with Gasteiger partial charge in [-0.1, -0.05) is 119 Å². The smallest absolute Gasteiger partial charge is 0.343 e. The average molecular weight is 572 g/mol. The molecule has 0 radical (unpaired) electrons. The van der Waals surface area contributed by atoms with Gasteiger partial charge in [0, 0.05) is 12.0 Å². The first-order valence-electron chi connectivity index (χ1n) is 15.4. The molecule has 0 atom stereocenters. The van der Waals surface area contributed by atoms with Crippen LogP contribution in [0.3, 0.4) is 0 Å². The van der Waals surface area contributed by atoms with Gasteiger partial charge in [0.05, 0.1) is 18.3 Å². The summed E-state index contributed by atoms with van der Waals surface area (Å²) in [5.41, 5.74) is 4.43. The molecule has 3 aromatic carbocycles. The maximum absolute atomic E-state index is 12.8. The van der Waals surface area contributed by atoms with Crippen LogP contribution >= 0.6 is 0 Å². The first kappa shape index (κ1) is 32.5. The fraction of sp³-hybridized carbons (Fsp3) is 0.429. The van der Waals surface area contributed by atoms with Gasteiger partial charge in [0.1, 0.15) is 5.75 Å².